The van der Waals surface area contributed by atoms with E-state index in [0.717, 1.165) is 21.4 Å². The standard InChI is InChI=1S/C17H16BrN3O/c1-11-7-13(12(2)21(11)3)8-14(10-19)17(22)20-16-6-4-5-15(18)9-16/h4-9H,1-3H3,(H,20,22)/b14-8-. The third-order valence-corrected chi connectivity index (χ3v) is 4.05. The van der Waals surface area contributed by atoms with Crippen molar-refractivity contribution in [1.29, 1.82) is 5.26 Å². The van der Waals surface area contributed by atoms with Gasteiger partial charge in [-0.2, -0.15) is 5.26 Å². The summed E-state index contributed by atoms with van der Waals surface area (Å²) >= 11 is 3.35. The second-order valence-corrected chi connectivity index (χ2v) is 5.94. The number of amides is 1. The van der Waals surface area contributed by atoms with Gasteiger partial charge in [0, 0.05) is 28.6 Å². The van der Waals surface area contributed by atoms with Crippen LogP contribution in [0, 0.1) is 25.2 Å². The maximum absolute atomic E-state index is 12.2. The predicted octanol–water partition coefficient (Wildman–Crippen LogP) is 3.95. The highest BCUT2D eigenvalue weighted by molar-refractivity contribution is 9.10. The fourth-order valence-electron chi connectivity index (χ4n) is 2.10. The van der Waals surface area contributed by atoms with Gasteiger partial charge >= 0.3 is 0 Å². The van der Waals surface area contributed by atoms with E-state index in [4.69, 9.17) is 0 Å². The molecule has 0 unspecified atom stereocenters. The summed E-state index contributed by atoms with van der Waals surface area (Å²) in [5.41, 5.74) is 3.69. The molecule has 0 fully saturated rings. The number of aromatic nitrogens is 1. The molecule has 0 aliphatic carbocycles. The largest absolute Gasteiger partial charge is 0.352 e. The lowest BCUT2D eigenvalue weighted by molar-refractivity contribution is -0.112. The Kier molecular flexibility index (Phi) is 4.84. The Labute approximate surface area is 138 Å². The number of benzene rings is 1. The van der Waals surface area contributed by atoms with Crippen LogP contribution < -0.4 is 5.32 Å². The Morgan fingerprint density at radius 2 is 2.09 bits per heavy atom. The van der Waals surface area contributed by atoms with Crippen molar-refractivity contribution >= 4 is 33.6 Å². The summed E-state index contributed by atoms with van der Waals surface area (Å²) in [6, 6.07) is 11.2. The zero-order valence-corrected chi connectivity index (χ0v) is 14.2. The number of nitriles is 1. The number of anilines is 1. The first-order valence-electron chi connectivity index (χ1n) is 6.74. The molecule has 5 heteroatoms. The summed E-state index contributed by atoms with van der Waals surface area (Å²) in [4.78, 5) is 12.2. The second-order valence-electron chi connectivity index (χ2n) is 5.02. The van der Waals surface area contributed by atoms with E-state index in [2.05, 4.69) is 21.2 Å². The van der Waals surface area contributed by atoms with E-state index >= 15 is 0 Å². The van der Waals surface area contributed by atoms with Gasteiger partial charge in [-0.05, 0) is 49.8 Å². The van der Waals surface area contributed by atoms with Crippen LogP contribution in [0.4, 0.5) is 5.69 Å². The summed E-state index contributed by atoms with van der Waals surface area (Å²) in [5.74, 6) is -0.415. The zero-order valence-electron chi connectivity index (χ0n) is 12.6. The topological polar surface area (TPSA) is 57.8 Å². The molecular weight excluding hydrogens is 342 g/mol. The lowest BCUT2D eigenvalue weighted by Gasteiger charge is -2.05. The highest BCUT2D eigenvalue weighted by atomic mass is 79.9. The molecular formula is C17H16BrN3O. The number of aryl methyl sites for hydroxylation is 1. The zero-order chi connectivity index (χ0) is 16.3. The minimum absolute atomic E-state index is 0.0775. The smallest absolute Gasteiger partial charge is 0.266 e. The van der Waals surface area contributed by atoms with Gasteiger partial charge in [0.25, 0.3) is 5.91 Å². The molecule has 1 heterocycles. The van der Waals surface area contributed by atoms with E-state index in [1.165, 1.54) is 0 Å². The van der Waals surface area contributed by atoms with Crippen LogP contribution in [0.3, 0.4) is 0 Å². The van der Waals surface area contributed by atoms with Crippen molar-refractivity contribution in [3.05, 3.63) is 57.3 Å². The maximum atomic E-state index is 12.2. The predicted molar refractivity (Wildman–Crippen MR) is 91.2 cm³/mol. The Morgan fingerprint density at radius 3 is 2.64 bits per heavy atom. The van der Waals surface area contributed by atoms with E-state index in [1.807, 2.05) is 49.7 Å². The molecule has 1 aromatic heterocycles. The molecule has 0 aliphatic rings. The lowest BCUT2D eigenvalue weighted by atomic mass is 10.1. The minimum atomic E-state index is -0.415. The van der Waals surface area contributed by atoms with Gasteiger partial charge in [0.2, 0.25) is 0 Å². The summed E-state index contributed by atoms with van der Waals surface area (Å²) in [7, 11) is 1.95. The van der Waals surface area contributed by atoms with Crippen molar-refractivity contribution in [3.63, 3.8) is 0 Å². The number of nitrogens with zero attached hydrogens (tertiary/aromatic N) is 2. The average Bonchev–Trinajstić information content (AvgIpc) is 2.72. The molecule has 1 aromatic carbocycles. The molecule has 0 bridgehead atoms. The SMILES string of the molecule is Cc1cc(/C=C(/C#N)C(=O)Nc2cccc(Br)c2)c(C)n1C. The highest BCUT2D eigenvalue weighted by Gasteiger charge is 2.12. The van der Waals surface area contributed by atoms with Crippen LogP contribution >= 0.6 is 15.9 Å². The van der Waals surface area contributed by atoms with Crippen molar-refractivity contribution in [1.82, 2.24) is 4.57 Å². The van der Waals surface area contributed by atoms with Crippen LogP contribution in [-0.2, 0) is 11.8 Å². The summed E-state index contributed by atoms with van der Waals surface area (Å²) < 4.78 is 2.88. The molecule has 4 nitrogen and oxygen atoms in total. The van der Waals surface area contributed by atoms with Crippen molar-refractivity contribution in [2.24, 2.45) is 7.05 Å². The number of nitrogens with one attached hydrogen (secondary N) is 1. The summed E-state index contributed by atoms with van der Waals surface area (Å²) in [5, 5.41) is 12.0. The summed E-state index contributed by atoms with van der Waals surface area (Å²) in [6.45, 7) is 3.94. The third-order valence-electron chi connectivity index (χ3n) is 3.56. The lowest BCUT2D eigenvalue weighted by Crippen LogP contribution is -2.13. The quantitative estimate of drug-likeness (QED) is 0.667. The number of carbonyl (C=O) groups excluding carboxylic acids is 1. The Morgan fingerprint density at radius 1 is 1.36 bits per heavy atom. The Hall–Kier alpha value is -2.32. The van der Waals surface area contributed by atoms with Crippen LogP contribution in [0.1, 0.15) is 17.0 Å². The normalized spacial score (nSPS) is 11.1. The average molecular weight is 358 g/mol. The number of carbonyl (C=O) groups is 1. The molecule has 1 amide bonds. The molecule has 0 atom stereocenters. The summed E-state index contributed by atoms with van der Waals surface area (Å²) in [6.07, 6.45) is 1.62. The van der Waals surface area contributed by atoms with Gasteiger partial charge in [0.05, 0.1) is 0 Å². The number of rotatable bonds is 3. The van der Waals surface area contributed by atoms with Gasteiger partial charge in [-0.3, -0.25) is 4.79 Å². The van der Waals surface area contributed by atoms with Gasteiger partial charge < -0.3 is 9.88 Å². The van der Waals surface area contributed by atoms with Crippen molar-refractivity contribution in [3.8, 4) is 6.07 Å². The molecule has 2 rings (SSSR count). The third kappa shape index (κ3) is 3.46. The van der Waals surface area contributed by atoms with E-state index in [0.29, 0.717) is 5.69 Å². The number of halogens is 1. The van der Waals surface area contributed by atoms with Crippen LogP contribution in [0.15, 0.2) is 40.4 Å². The van der Waals surface area contributed by atoms with E-state index < -0.39 is 5.91 Å². The molecule has 0 saturated heterocycles. The second kappa shape index (κ2) is 6.63. The Bertz CT molecular complexity index is 797. The first kappa shape index (κ1) is 16.1. The van der Waals surface area contributed by atoms with Crippen LogP contribution in [0.2, 0.25) is 0 Å². The van der Waals surface area contributed by atoms with Crippen LogP contribution in [0.5, 0.6) is 0 Å². The monoisotopic (exact) mass is 357 g/mol. The molecule has 0 saturated carbocycles. The first-order chi connectivity index (χ1) is 10.4. The van der Waals surface area contributed by atoms with Gasteiger partial charge in [0.1, 0.15) is 11.6 Å². The number of hydrogen-bond acceptors (Lipinski definition) is 2. The van der Waals surface area contributed by atoms with E-state index in [-0.39, 0.29) is 5.57 Å². The highest BCUT2D eigenvalue weighted by Crippen LogP contribution is 2.19. The molecule has 1 N–H and O–H groups in total. The van der Waals surface area contributed by atoms with Crippen molar-refractivity contribution < 1.29 is 4.79 Å². The fraction of sp³-hybridized carbons (Fsp3) is 0.176. The van der Waals surface area contributed by atoms with E-state index in [9.17, 15) is 10.1 Å². The van der Waals surface area contributed by atoms with Crippen LogP contribution in [0.25, 0.3) is 6.08 Å². The molecule has 22 heavy (non-hydrogen) atoms. The van der Waals surface area contributed by atoms with Gasteiger partial charge in [-0.15, -0.1) is 0 Å². The Balaban J connectivity index is 2.28. The molecule has 2 aromatic rings. The van der Waals surface area contributed by atoms with E-state index in [1.54, 1.807) is 18.2 Å². The van der Waals surface area contributed by atoms with Crippen molar-refractivity contribution in [2.45, 2.75) is 13.8 Å². The van der Waals surface area contributed by atoms with Gasteiger partial charge in [-0.25, -0.2) is 0 Å². The van der Waals surface area contributed by atoms with Gasteiger partial charge in [0.15, 0.2) is 0 Å². The minimum Gasteiger partial charge on any atom is -0.352 e. The van der Waals surface area contributed by atoms with Crippen molar-refractivity contribution in [2.75, 3.05) is 5.32 Å². The number of hydrogen-bond donors (Lipinski definition) is 1. The molecule has 0 aliphatic heterocycles. The molecule has 112 valence electrons. The van der Waals surface area contributed by atoms with Gasteiger partial charge in [-0.1, -0.05) is 22.0 Å². The first-order valence-corrected chi connectivity index (χ1v) is 7.53. The molecule has 0 radical (unpaired) electrons. The fourth-order valence-corrected chi connectivity index (χ4v) is 2.50. The maximum Gasteiger partial charge on any atom is 0.266 e. The molecule has 0 spiro atoms. The van der Waals surface area contributed by atoms with Crippen LogP contribution in [-0.4, -0.2) is 10.5 Å².